The third-order valence-corrected chi connectivity index (χ3v) is 3.61. The molecule has 1 unspecified atom stereocenters. The van der Waals surface area contributed by atoms with Crippen molar-refractivity contribution in [2.24, 2.45) is 0 Å². The molecule has 8 heteroatoms. The van der Waals surface area contributed by atoms with E-state index in [1.54, 1.807) is 13.0 Å². The molecule has 0 aliphatic heterocycles. The minimum absolute atomic E-state index is 0.0343. The first kappa shape index (κ1) is 17.2. The molecule has 1 atom stereocenters. The van der Waals surface area contributed by atoms with E-state index in [9.17, 15) is 14.4 Å². The highest BCUT2D eigenvalue weighted by molar-refractivity contribution is 5.94. The van der Waals surface area contributed by atoms with E-state index in [2.05, 4.69) is 21.0 Å². The zero-order valence-corrected chi connectivity index (χ0v) is 13.9. The largest absolute Gasteiger partial charge is 0.481 e. The number of carbonyl (C=O) groups is 2. The van der Waals surface area contributed by atoms with Gasteiger partial charge in [-0.2, -0.15) is 5.10 Å². The van der Waals surface area contributed by atoms with Crippen LogP contribution in [0.5, 0.6) is 5.75 Å². The number of rotatable bonds is 4. The second kappa shape index (κ2) is 7.47. The van der Waals surface area contributed by atoms with Crippen LogP contribution in [0.1, 0.15) is 17.4 Å². The predicted octanol–water partition coefficient (Wildman–Crippen LogP) is 1.15. The minimum Gasteiger partial charge on any atom is -0.481 e. The Kier molecular flexibility index (Phi) is 4.93. The average Bonchev–Trinajstić information content (AvgIpc) is 2.66. The summed E-state index contributed by atoms with van der Waals surface area (Å²) in [6.45, 7) is 1.56. The number of ether oxygens (including phenoxy) is 1. The van der Waals surface area contributed by atoms with Crippen molar-refractivity contribution in [3.8, 4) is 5.75 Å². The molecule has 1 heterocycles. The van der Waals surface area contributed by atoms with Crippen LogP contribution in [0.25, 0.3) is 10.8 Å². The zero-order chi connectivity index (χ0) is 18.5. The lowest BCUT2D eigenvalue weighted by Gasteiger charge is -2.15. The Morgan fingerprint density at radius 2 is 1.81 bits per heavy atom. The van der Waals surface area contributed by atoms with Gasteiger partial charge in [0.25, 0.3) is 17.4 Å². The fourth-order valence-electron chi connectivity index (χ4n) is 2.25. The topological polar surface area (TPSA) is 113 Å². The molecule has 0 spiro atoms. The number of hydrogen-bond acceptors (Lipinski definition) is 5. The molecule has 8 nitrogen and oxygen atoms in total. The van der Waals surface area contributed by atoms with Crippen molar-refractivity contribution in [1.82, 2.24) is 21.0 Å². The summed E-state index contributed by atoms with van der Waals surface area (Å²) in [4.78, 5) is 34.8. The van der Waals surface area contributed by atoms with E-state index in [0.717, 1.165) is 16.8 Å². The van der Waals surface area contributed by atoms with Gasteiger partial charge in [0.05, 0.1) is 0 Å². The first-order valence-corrected chi connectivity index (χ1v) is 7.84. The summed E-state index contributed by atoms with van der Waals surface area (Å²) in [7, 11) is 0. The van der Waals surface area contributed by atoms with Crippen molar-refractivity contribution in [3.63, 3.8) is 0 Å². The second-order valence-corrected chi connectivity index (χ2v) is 5.52. The van der Waals surface area contributed by atoms with Gasteiger partial charge >= 0.3 is 0 Å². The van der Waals surface area contributed by atoms with Crippen molar-refractivity contribution < 1.29 is 14.3 Å². The van der Waals surface area contributed by atoms with E-state index in [1.165, 1.54) is 6.07 Å². The van der Waals surface area contributed by atoms with Crippen molar-refractivity contribution in [3.05, 3.63) is 70.6 Å². The number of hydrogen-bond donors (Lipinski definition) is 3. The number of nitrogens with one attached hydrogen (secondary N) is 3. The monoisotopic (exact) mass is 352 g/mol. The smallest absolute Gasteiger partial charge is 0.290 e. The van der Waals surface area contributed by atoms with Crippen molar-refractivity contribution >= 4 is 22.6 Å². The SMILES string of the molecule is CC(Oc1ccc2ccccc2c1)C(=O)NNC(=O)c1ccc(=O)[nH]n1. The summed E-state index contributed by atoms with van der Waals surface area (Å²) < 4.78 is 5.61. The van der Waals surface area contributed by atoms with Crippen LogP contribution in [0.3, 0.4) is 0 Å². The molecule has 1 aromatic heterocycles. The van der Waals surface area contributed by atoms with E-state index in [1.807, 2.05) is 36.4 Å². The molecule has 3 N–H and O–H groups in total. The molecule has 0 radical (unpaired) electrons. The van der Waals surface area contributed by atoms with Crippen molar-refractivity contribution in [2.45, 2.75) is 13.0 Å². The Bertz CT molecular complexity index is 995. The standard InChI is InChI=1S/C18H16N4O4/c1-11(26-14-7-6-12-4-2-3-5-13(12)10-14)17(24)21-22-18(25)15-8-9-16(23)20-19-15/h2-11H,1H3,(H,20,23)(H,21,24)(H,22,25). The normalized spacial score (nSPS) is 11.6. The molecule has 0 aliphatic rings. The number of nitrogens with zero attached hydrogens (tertiary/aromatic N) is 1. The molecule has 3 rings (SSSR count). The molecule has 132 valence electrons. The van der Waals surface area contributed by atoms with Crippen LogP contribution in [0, 0.1) is 0 Å². The maximum atomic E-state index is 12.1. The van der Waals surface area contributed by atoms with Crippen LogP contribution < -0.4 is 21.1 Å². The number of amides is 2. The summed E-state index contributed by atoms with van der Waals surface area (Å²) in [6, 6.07) is 15.7. The highest BCUT2D eigenvalue weighted by Gasteiger charge is 2.16. The number of carbonyl (C=O) groups excluding carboxylic acids is 2. The van der Waals surface area contributed by atoms with Gasteiger partial charge in [-0.3, -0.25) is 25.2 Å². The van der Waals surface area contributed by atoms with Gasteiger partial charge in [-0.25, -0.2) is 5.10 Å². The molecule has 0 saturated heterocycles. The van der Waals surface area contributed by atoms with E-state index in [-0.39, 0.29) is 5.69 Å². The number of aromatic amines is 1. The van der Waals surface area contributed by atoms with Gasteiger partial charge in [-0.1, -0.05) is 30.3 Å². The highest BCUT2D eigenvalue weighted by Crippen LogP contribution is 2.21. The Labute approximate surface area is 148 Å². The van der Waals surface area contributed by atoms with Crippen LogP contribution in [-0.2, 0) is 4.79 Å². The van der Waals surface area contributed by atoms with Crippen LogP contribution in [-0.4, -0.2) is 28.1 Å². The summed E-state index contributed by atoms with van der Waals surface area (Å²) in [5.41, 5.74) is 4.01. The molecule has 0 fully saturated rings. The Balaban J connectivity index is 1.57. The molecule has 2 amide bonds. The Morgan fingerprint density at radius 1 is 1.04 bits per heavy atom. The summed E-state index contributed by atoms with van der Waals surface area (Å²) in [6.07, 6.45) is -0.833. The van der Waals surface area contributed by atoms with Crippen LogP contribution in [0.2, 0.25) is 0 Å². The third-order valence-electron chi connectivity index (χ3n) is 3.61. The lowest BCUT2D eigenvalue weighted by molar-refractivity contribution is -0.128. The zero-order valence-electron chi connectivity index (χ0n) is 13.9. The lowest BCUT2D eigenvalue weighted by Crippen LogP contribution is -2.47. The number of fused-ring (bicyclic) bond motifs is 1. The number of benzene rings is 2. The first-order chi connectivity index (χ1) is 12.5. The predicted molar refractivity (Wildman–Crippen MR) is 94.5 cm³/mol. The molecular weight excluding hydrogens is 336 g/mol. The first-order valence-electron chi connectivity index (χ1n) is 7.84. The minimum atomic E-state index is -0.833. The van der Waals surface area contributed by atoms with Gasteiger partial charge in [-0.15, -0.1) is 0 Å². The molecule has 3 aromatic rings. The average molecular weight is 352 g/mol. The number of H-pyrrole nitrogens is 1. The molecule has 0 saturated carbocycles. The molecule has 0 aliphatic carbocycles. The molecule has 0 bridgehead atoms. The van der Waals surface area contributed by atoms with Crippen LogP contribution in [0.4, 0.5) is 0 Å². The van der Waals surface area contributed by atoms with Crippen LogP contribution in [0.15, 0.2) is 59.4 Å². The molecule has 26 heavy (non-hydrogen) atoms. The van der Waals surface area contributed by atoms with Gasteiger partial charge in [-0.05, 0) is 35.9 Å². The molecular formula is C18H16N4O4. The Hall–Kier alpha value is -3.68. The van der Waals surface area contributed by atoms with Gasteiger partial charge in [0, 0.05) is 6.07 Å². The third kappa shape index (κ3) is 4.04. The maximum absolute atomic E-state index is 12.1. The van der Waals surface area contributed by atoms with Gasteiger partial charge in [0.1, 0.15) is 5.75 Å². The quantitative estimate of drug-likeness (QED) is 0.610. The maximum Gasteiger partial charge on any atom is 0.290 e. The van der Waals surface area contributed by atoms with Crippen molar-refractivity contribution in [2.75, 3.05) is 0 Å². The molecule has 2 aromatic carbocycles. The number of aromatic nitrogens is 2. The van der Waals surface area contributed by atoms with E-state index in [4.69, 9.17) is 4.74 Å². The summed E-state index contributed by atoms with van der Waals surface area (Å²) in [5, 5.41) is 7.76. The van der Waals surface area contributed by atoms with Gasteiger partial charge in [0.2, 0.25) is 0 Å². The Morgan fingerprint density at radius 3 is 2.54 bits per heavy atom. The van der Waals surface area contributed by atoms with Crippen molar-refractivity contribution in [1.29, 1.82) is 0 Å². The summed E-state index contributed by atoms with van der Waals surface area (Å²) in [5.74, 6) is -0.650. The van der Waals surface area contributed by atoms with Gasteiger partial charge in [0.15, 0.2) is 11.8 Å². The fraction of sp³-hybridized carbons (Fsp3) is 0.111. The van der Waals surface area contributed by atoms with E-state index < -0.39 is 23.5 Å². The lowest BCUT2D eigenvalue weighted by atomic mass is 10.1. The highest BCUT2D eigenvalue weighted by atomic mass is 16.5. The van der Waals surface area contributed by atoms with E-state index >= 15 is 0 Å². The fourth-order valence-corrected chi connectivity index (χ4v) is 2.25. The van der Waals surface area contributed by atoms with Crippen LogP contribution >= 0.6 is 0 Å². The number of hydrazine groups is 1. The van der Waals surface area contributed by atoms with Gasteiger partial charge < -0.3 is 4.74 Å². The second-order valence-electron chi connectivity index (χ2n) is 5.52. The summed E-state index contributed by atoms with van der Waals surface area (Å²) >= 11 is 0. The van der Waals surface area contributed by atoms with E-state index in [0.29, 0.717) is 5.75 Å².